The van der Waals surface area contributed by atoms with Gasteiger partial charge in [-0.05, 0) is 42.3 Å². The van der Waals surface area contributed by atoms with Crippen LogP contribution < -0.4 is 11.1 Å². The number of benzene rings is 2. The summed E-state index contributed by atoms with van der Waals surface area (Å²) in [6, 6.07) is 16.6. The number of aromatic hydroxyl groups is 1. The zero-order valence-corrected chi connectivity index (χ0v) is 12.6. The molecule has 0 unspecified atom stereocenters. The Morgan fingerprint density at radius 2 is 1.87 bits per heavy atom. The monoisotopic (exact) mass is 306 g/mol. The van der Waals surface area contributed by atoms with Crippen molar-refractivity contribution in [1.82, 2.24) is 9.97 Å². The number of phenols is 1. The number of nitrogen functional groups attached to an aromatic ring is 1. The molecular weight excluding hydrogens is 288 g/mol. The maximum absolute atomic E-state index is 9.28. The first-order valence-electron chi connectivity index (χ1n) is 7.41. The van der Waals surface area contributed by atoms with Crippen LogP contribution in [-0.4, -0.2) is 21.6 Å². The summed E-state index contributed by atoms with van der Waals surface area (Å²) in [5.41, 5.74) is 8.54. The molecule has 0 fully saturated rings. The molecule has 1 heterocycles. The van der Waals surface area contributed by atoms with E-state index in [0.717, 1.165) is 29.9 Å². The largest absolute Gasteiger partial charge is 0.508 e. The normalized spacial score (nSPS) is 10.4. The first-order chi connectivity index (χ1) is 11.2. The predicted octanol–water partition coefficient (Wildman–Crippen LogP) is 3.09. The van der Waals surface area contributed by atoms with Gasteiger partial charge in [0.1, 0.15) is 11.6 Å². The molecule has 0 bridgehead atoms. The molecule has 5 nitrogen and oxygen atoms in total. The minimum atomic E-state index is 0.282. The van der Waals surface area contributed by atoms with E-state index in [0.29, 0.717) is 11.5 Å². The molecule has 0 atom stereocenters. The van der Waals surface area contributed by atoms with Crippen molar-refractivity contribution in [3.8, 4) is 17.1 Å². The molecule has 1 aromatic heterocycles. The van der Waals surface area contributed by atoms with E-state index in [1.54, 1.807) is 18.3 Å². The highest BCUT2D eigenvalue weighted by Crippen LogP contribution is 2.18. The second kappa shape index (κ2) is 6.79. The van der Waals surface area contributed by atoms with Crippen molar-refractivity contribution in [2.24, 2.45) is 0 Å². The van der Waals surface area contributed by atoms with Gasteiger partial charge < -0.3 is 16.2 Å². The molecule has 0 saturated heterocycles. The molecule has 0 aliphatic heterocycles. The van der Waals surface area contributed by atoms with E-state index < -0.39 is 0 Å². The van der Waals surface area contributed by atoms with Crippen LogP contribution in [0.2, 0.25) is 0 Å². The van der Waals surface area contributed by atoms with E-state index in [1.807, 2.05) is 42.5 Å². The Bertz CT molecular complexity index is 787. The second-order valence-electron chi connectivity index (χ2n) is 5.23. The van der Waals surface area contributed by atoms with E-state index in [2.05, 4.69) is 15.3 Å². The van der Waals surface area contributed by atoms with Crippen molar-refractivity contribution in [3.63, 3.8) is 0 Å². The summed E-state index contributed by atoms with van der Waals surface area (Å²) in [5.74, 6) is 1.70. The van der Waals surface area contributed by atoms with Crippen LogP contribution in [0.15, 0.2) is 60.8 Å². The Hall–Kier alpha value is -3.08. The van der Waals surface area contributed by atoms with Gasteiger partial charge in [0.2, 0.25) is 0 Å². The molecule has 0 amide bonds. The van der Waals surface area contributed by atoms with Crippen molar-refractivity contribution < 1.29 is 5.11 Å². The molecule has 3 aromatic rings. The fraction of sp³-hybridized carbons (Fsp3) is 0.111. The number of rotatable bonds is 5. The van der Waals surface area contributed by atoms with E-state index >= 15 is 0 Å². The number of nitrogens with one attached hydrogen (secondary N) is 1. The van der Waals surface area contributed by atoms with Crippen molar-refractivity contribution in [1.29, 1.82) is 0 Å². The van der Waals surface area contributed by atoms with Crippen molar-refractivity contribution in [2.45, 2.75) is 6.42 Å². The van der Waals surface area contributed by atoms with Crippen LogP contribution in [0.1, 0.15) is 5.56 Å². The van der Waals surface area contributed by atoms with E-state index in [4.69, 9.17) is 5.73 Å². The fourth-order valence-electron chi connectivity index (χ4n) is 2.27. The summed E-state index contributed by atoms with van der Waals surface area (Å²) in [5, 5.41) is 12.6. The van der Waals surface area contributed by atoms with Crippen LogP contribution in [0, 0.1) is 0 Å². The Kier molecular flexibility index (Phi) is 4.38. The molecule has 0 aliphatic carbocycles. The summed E-state index contributed by atoms with van der Waals surface area (Å²) in [7, 11) is 0. The number of hydrogen-bond acceptors (Lipinski definition) is 5. The van der Waals surface area contributed by atoms with Crippen LogP contribution >= 0.6 is 0 Å². The lowest BCUT2D eigenvalue weighted by atomic mass is 10.1. The number of phenolic OH excluding ortho intramolecular Hbond substituents is 1. The fourth-order valence-corrected chi connectivity index (χ4v) is 2.27. The van der Waals surface area contributed by atoms with Crippen LogP contribution in [0.3, 0.4) is 0 Å². The molecule has 3 rings (SSSR count). The second-order valence-corrected chi connectivity index (χ2v) is 5.23. The van der Waals surface area contributed by atoms with E-state index in [1.165, 1.54) is 0 Å². The van der Waals surface area contributed by atoms with Gasteiger partial charge >= 0.3 is 0 Å². The summed E-state index contributed by atoms with van der Waals surface area (Å²) in [4.78, 5) is 8.80. The maximum Gasteiger partial charge on any atom is 0.161 e. The van der Waals surface area contributed by atoms with Crippen molar-refractivity contribution in [2.75, 3.05) is 17.6 Å². The quantitative estimate of drug-likeness (QED) is 0.631. The average molecular weight is 306 g/mol. The molecule has 0 spiro atoms. The lowest BCUT2D eigenvalue weighted by Crippen LogP contribution is -2.07. The van der Waals surface area contributed by atoms with Gasteiger partial charge in [0, 0.05) is 24.0 Å². The molecule has 0 saturated carbocycles. The van der Waals surface area contributed by atoms with Crippen LogP contribution in [0.4, 0.5) is 11.5 Å². The summed E-state index contributed by atoms with van der Waals surface area (Å²) in [6.45, 7) is 0.748. The lowest BCUT2D eigenvalue weighted by molar-refractivity contribution is 0.475. The maximum atomic E-state index is 9.28. The number of nitrogens with zero attached hydrogens (tertiary/aromatic N) is 2. The predicted molar refractivity (Wildman–Crippen MR) is 92.2 cm³/mol. The van der Waals surface area contributed by atoms with E-state index in [-0.39, 0.29) is 5.75 Å². The third kappa shape index (κ3) is 3.97. The number of aromatic nitrogens is 2. The van der Waals surface area contributed by atoms with Crippen LogP contribution in [-0.2, 0) is 6.42 Å². The van der Waals surface area contributed by atoms with Gasteiger partial charge in [0.05, 0.1) is 0 Å². The van der Waals surface area contributed by atoms with Crippen LogP contribution in [0.5, 0.6) is 5.75 Å². The number of nitrogens with two attached hydrogens (primary N) is 1. The topological polar surface area (TPSA) is 84.1 Å². The molecule has 116 valence electrons. The minimum absolute atomic E-state index is 0.282. The highest BCUT2D eigenvalue weighted by atomic mass is 16.3. The van der Waals surface area contributed by atoms with Gasteiger partial charge in [-0.25, -0.2) is 9.97 Å². The summed E-state index contributed by atoms with van der Waals surface area (Å²) in [6.07, 6.45) is 2.58. The van der Waals surface area contributed by atoms with E-state index in [9.17, 15) is 5.11 Å². The molecule has 4 N–H and O–H groups in total. The van der Waals surface area contributed by atoms with Gasteiger partial charge in [-0.3, -0.25) is 0 Å². The van der Waals surface area contributed by atoms with Crippen LogP contribution in [0.25, 0.3) is 11.4 Å². The van der Waals surface area contributed by atoms with Crippen molar-refractivity contribution >= 4 is 11.5 Å². The molecule has 0 radical (unpaired) electrons. The number of hydrogen-bond donors (Lipinski definition) is 3. The molecule has 23 heavy (non-hydrogen) atoms. The molecule has 2 aromatic carbocycles. The lowest BCUT2D eigenvalue weighted by Gasteiger charge is -2.07. The standard InChI is InChI=1S/C18H18N4O/c19-15-3-1-2-14(12-15)18-21-11-9-17(22-18)20-10-8-13-4-6-16(23)7-5-13/h1-7,9,11-12,23H,8,10,19H2,(H,20,21,22). The average Bonchev–Trinajstić information content (AvgIpc) is 2.57. The van der Waals surface area contributed by atoms with Gasteiger partial charge in [-0.2, -0.15) is 0 Å². The summed E-state index contributed by atoms with van der Waals surface area (Å²) < 4.78 is 0. The first kappa shape index (κ1) is 14.8. The molecule has 5 heteroatoms. The SMILES string of the molecule is Nc1cccc(-c2nccc(NCCc3ccc(O)cc3)n2)c1. The Balaban J connectivity index is 1.65. The minimum Gasteiger partial charge on any atom is -0.508 e. The van der Waals surface area contributed by atoms with Gasteiger partial charge in [0.15, 0.2) is 5.82 Å². The first-order valence-corrected chi connectivity index (χ1v) is 7.41. The Morgan fingerprint density at radius 3 is 2.65 bits per heavy atom. The van der Waals surface area contributed by atoms with Crippen molar-refractivity contribution in [3.05, 3.63) is 66.4 Å². The molecular formula is C18H18N4O. The zero-order chi connectivity index (χ0) is 16.1. The third-order valence-corrected chi connectivity index (χ3v) is 3.46. The van der Waals surface area contributed by atoms with Gasteiger partial charge in [-0.1, -0.05) is 24.3 Å². The Labute approximate surface area is 134 Å². The van der Waals surface area contributed by atoms with Gasteiger partial charge in [0.25, 0.3) is 0 Å². The highest BCUT2D eigenvalue weighted by Gasteiger charge is 2.03. The summed E-state index contributed by atoms with van der Waals surface area (Å²) >= 11 is 0. The third-order valence-electron chi connectivity index (χ3n) is 3.46. The zero-order valence-electron chi connectivity index (χ0n) is 12.6. The Morgan fingerprint density at radius 1 is 1.04 bits per heavy atom. The highest BCUT2D eigenvalue weighted by molar-refractivity contribution is 5.62. The molecule has 0 aliphatic rings. The van der Waals surface area contributed by atoms with Gasteiger partial charge in [-0.15, -0.1) is 0 Å². The smallest absolute Gasteiger partial charge is 0.161 e. The number of anilines is 2.